The fourth-order valence-corrected chi connectivity index (χ4v) is 13.2. The largest absolute Gasteiger partial charge is 0.394 e. The quantitative estimate of drug-likeness (QED) is 0.0239. The minimum absolute atomic E-state index is 0.0138. The average Bonchev–Trinajstić information content (AvgIpc) is 0.772. The number of rotatable bonds is 32. The van der Waals surface area contributed by atoms with Gasteiger partial charge in [-0.15, -0.1) is 0 Å². The lowest BCUT2D eigenvalue weighted by atomic mass is 9.94. The summed E-state index contributed by atoms with van der Waals surface area (Å²) >= 11 is 0. The summed E-state index contributed by atoms with van der Waals surface area (Å²) in [7, 11) is 0. The van der Waals surface area contributed by atoms with Crippen molar-refractivity contribution >= 4 is 29.1 Å². The molecule has 3 amide bonds. The van der Waals surface area contributed by atoms with Crippen LogP contribution in [-0.4, -0.2) is 388 Å². The van der Waals surface area contributed by atoms with E-state index < -0.39 is 230 Å². The van der Waals surface area contributed by atoms with Gasteiger partial charge >= 0.3 is 0 Å². The highest BCUT2D eigenvalue weighted by Gasteiger charge is 2.59. The molecule has 109 heavy (non-hydrogen) atoms. The van der Waals surface area contributed by atoms with Gasteiger partial charge in [-0.25, -0.2) is 0 Å². The molecule has 41 nitrogen and oxygen atoms in total. The molecule has 0 aliphatic carbocycles. The maximum absolute atomic E-state index is 13.9. The van der Waals surface area contributed by atoms with Crippen LogP contribution in [0, 0.1) is 0 Å². The molecular formula is C68H106N6O35. The van der Waals surface area contributed by atoms with Crippen LogP contribution < -0.4 is 21.7 Å². The zero-order valence-corrected chi connectivity index (χ0v) is 59.6. The number of carbonyl (C=O) groups is 3. The number of nitrogens with two attached hydrogens (primary N) is 1. The SMILES string of the molecule is NCCCCCCCC(=O)NCCCOCCOCCOCCCNC(=O)c1ccc(N=Nc2ccc(C(=O)NC[C@H]3O[C@@H]4O[C@H]5[C@H](O)[C@@H](O)[C@@H](O[C@H]6[C@H](O)[C@@H](O)[C@@H](O[C@H]7[C@H](O)[C@@H](O)[C@@H](O[C@H]8[C@H](O)[C@@H](O)[C@@H](O[C@H]9[C@H](O)[C@@H](O)[C@@H](O[C@H]3[C@H](O)[C@H]4O)O[C@@H]9CO)O[C@@H]8CO)O[C@@H]7CO)O[C@@H]6CO)O[C@@H]5CO)cc2)cc1. The van der Waals surface area contributed by atoms with E-state index in [4.69, 9.17) is 76.8 Å². The molecule has 618 valence electrons. The van der Waals surface area contributed by atoms with Gasteiger partial charge in [0.1, 0.15) is 146 Å². The summed E-state index contributed by atoms with van der Waals surface area (Å²) in [4.78, 5) is 38.8. The first kappa shape index (κ1) is 88.1. The number of aliphatic hydroxyl groups excluding tert-OH is 17. The standard InChI is InChI=1S/C68H106N6O35/c69-17-5-3-1-2-4-8-42(80)70-18-6-20-95-22-24-97-25-23-96-21-7-19-71-61(93)32-9-13-34(14-10-32)73-74-35-15-11-33(12-16-35)62(94)72-26-36-55-43(81)49(87)63(98-36)105-56-37(27-75)100-65(51(89)45(56)83)107-58-39(29-77)102-67(53(91)47(58)85)109-60-41(31-79)103-68(54(92)48(60)86)108-59-40(30-78)101-66(52(90)46(59)84)106-57-38(28-76)99-64(104-55)50(88)44(57)82/h9-16,36-41,43-60,63-68,75-79,81-92H,1-8,17-31,69H2,(H,70,80)(H,71,93)(H,72,94)/t36-,37-,38-,39-,40-,41-,43-,44-,45-,46-,47-,48-,49-,50-,51-,52-,53-,54-,55-,56-,57-,58-,59-,60-,63-,64-,65-,66-,67-,68-/m1/s1. The first-order valence-electron chi connectivity index (χ1n) is 36.5. The fourth-order valence-electron chi connectivity index (χ4n) is 13.2. The van der Waals surface area contributed by atoms with E-state index in [0.29, 0.717) is 89.8 Å². The Morgan fingerprint density at radius 1 is 0.330 bits per heavy atom. The Labute approximate surface area is 625 Å². The third kappa shape index (κ3) is 23.2. The van der Waals surface area contributed by atoms with Crippen LogP contribution in [0.1, 0.15) is 72.1 Å². The Bertz CT molecular complexity index is 3040. The lowest BCUT2D eigenvalue weighted by molar-refractivity contribution is -0.403. The predicted molar refractivity (Wildman–Crippen MR) is 362 cm³/mol. The van der Waals surface area contributed by atoms with Crippen LogP contribution in [0.4, 0.5) is 11.4 Å². The van der Waals surface area contributed by atoms with Crippen molar-refractivity contribution in [3.8, 4) is 0 Å². The second-order valence-electron chi connectivity index (χ2n) is 27.1. The zero-order chi connectivity index (χ0) is 78.4. The first-order chi connectivity index (χ1) is 52.5. The van der Waals surface area contributed by atoms with E-state index in [1.165, 1.54) is 24.3 Å². The first-order valence-corrected chi connectivity index (χ1v) is 36.5. The maximum atomic E-state index is 13.9. The second kappa shape index (κ2) is 43.6. The van der Waals surface area contributed by atoms with Crippen LogP contribution in [-0.2, 0) is 75.8 Å². The summed E-state index contributed by atoms with van der Waals surface area (Å²) < 4.78 is 86.8. The number of benzene rings is 2. The van der Waals surface area contributed by atoms with Crippen LogP contribution in [0.5, 0.6) is 0 Å². The summed E-state index contributed by atoms with van der Waals surface area (Å²) in [6.45, 7) is -1.88. The maximum Gasteiger partial charge on any atom is 0.251 e. The number of nitrogens with one attached hydrogen (secondary N) is 3. The number of azo groups is 1. The van der Waals surface area contributed by atoms with E-state index in [2.05, 4.69) is 26.2 Å². The lowest BCUT2D eigenvalue weighted by Crippen LogP contribution is -2.69. The van der Waals surface area contributed by atoms with Crippen molar-refractivity contribution in [2.75, 3.05) is 98.9 Å². The molecule has 2 aromatic rings. The third-order valence-corrected chi connectivity index (χ3v) is 19.4. The second-order valence-corrected chi connectivity index (χ2v) is 27.1. The van der Waals surface area contributed by atoms with Gasteiger partial charge in [0.05, 0.1) is 70.8 Å². The van der Waals surface area contributed by atoms with Crippen LogP contribution in [0.2, 0.25) is 0 Å². The molecule has 22 aliphatic heterocycles. The Kier molecular flexibility index (Phi) is 35.2. The zero-order valence-electron chi connectivity index (χ0n) is 59.6. The number of carbonyl (C=O) groups excluding carboxylic acids is 3. The molecule has 22 heterocycles. The molecule has 24 rings (SSSR count). The van der Waals surface area contributed by atoms with Gasteiger partial charge in [0.25, 0.3) is 11.8 Å². The topological polar surface area (TPSA) is 620 Å². The molecule has 22 fully saturated rings. The van der Waals surface area contributed by atoms with Crippen molar-refractivity contribution < 1.29 is 172 Å². The van der Waals surface area contributed by atoms with Gasteiger partial charge in [0.2, 0.25) is 5.91 Å². The van der Waals surface area contributed by atoms with Crippen molar-refractivity contribution in [2.45, 2.75) is 236 Å². The summed E-state index contributed by atoms with van der Waals surface area (Å²) in [6.07, 6.45) is -53.8. The molecule has 0 radical (unpaired) electrons. The van der Waals surface area contributed by atoms with Gasteiger partial charge in [-0.05, 0) is 80.8 Å². The van der Waals surface area contributed by atoms with Crippen molar-refractivity contribution in [1.29, 1.82) is 0 Å². The molecule has 0 saturated carbocycles. The molecule has 30 atom stereocenters. The number of unbranched alkanes of at least 4 members (excludes halogenated alkanes) is 4. The smallest absolute Gasteiger partial charge is 0.251 e. The molecule has 2 aromatic carbocycles. The van der Waals surface area contributed by atoms with Gasteiger partial charge < -0.3 is 180 Å². The summed E-state index contributed by atoms with van der Waals surface area (Å²) in [5, 5.41) is 208. The molecule has 22 N–H and O–H groups in total. The number of hydrogen-bond acceptors (Lipinski definition) is 38. The van der Waals surface area contributed by atoms with E-state index in [-0.39, 0.29) is 23.1 Å². The summed E-state index contributed by atoms with van der Waals surface area (Å²) in [5.41, 5.74) is 6.54. The number of aliphatic hydroxyl groups is 17. The highest BCUT2D eigenvalue weighted by molar-refractivity contribution is 5.95. The summed E-state index contributed by atoms with van der Waals surface area (Å²) in [6, 6.07) is 11.9. The van der Waals surface area contributed by atoms with Crippen LogP contribution in [0.3, 0.4) is 0 Å². The number of ether oxygens (including phenoxy) is 15. The van der Waals surface area contributed by atoms with Gasteiger partial charge in [-0.3, -0.25) is 14.4 Å². The Morgan fingerprint density at radius 2 is 0.606 bits per heavy atom. The highest BCUT2D eigenvalue weighted by atomic mass is 16.8. The highest BCUT2D eigenvalue weighted by Crippen LogP contribution is 2.39. The number of nitrogens with zero attached hydrogens (tertiary/aromatic N) is 2. The molecule has 0 unspecified atom stereocenters. The Balaban J connectivity index is 0.807. The van der Waals surface area contributed by atoms with Crippen molar-refractivity contribution in [2.24, 2.45) is 16.0 Å². The molecule has 0 spiro atoms. The van der Waals surface area contributed by atoms with Crippen LogP contribution in [0.25, 0.3) is 0 Å². The molecule has 12 bridgehead atoms. The van der Waals surface area contributed by atoms with E-state index in [1.807, 2.05) is 0 Å². The predicted octanol–water partition coefficient (Wildman–Crippen LogP) is -8.23. The molecular weight excluding hydrogens is 1460 g/mol. The monoisotopic (exact) mass is 1570 g/mol. The Morgan fingerprint density at radius 3 is 0.927 bits per heavy atom. The molecule has 22 saturated heterocycles. The minimum atomic E-state index is -2.26. The third-order valence-electron chi connectivity index (χ3n) is 19.4. The average molecular weight is 1570 g/mol. The fraction of sp³-hybridized carbons (Fsp3) is 0.779. The molecule has 41 heteroatoms. The normalized spacial score (nSPS) is 38.0. The van der Waals surface area contributed by atoms with Crippen molar-refractivity contribution in [1.82, 2.24) is 16.0 Å². The van der Waals surface area contributed by atoms with Gasteiger partial charge in [-0.2, -0.15) is 10.2 Å². The summed E-state index contributed by atoms with van der Waals surface area (Å²) in [5.74, 6) is -1.07. The Hall–Kier alpha value is -4.87. The molecule has 0 aromatic heterocycles. The minimum Gasteiger partial charge on any atom is -0.394 e. The van der Waals surface area contributed by atoms with Crippen molar-refractivity contribution in [3.63, 3.8) is 0 Å². The van der Waals surface area contributed by atoms with E-state index in [9.17, 15) is 101 Å². The van der Waals surface area contributed by atoms with Gasteiger partial charge in [-0.1, -0.05) is 19.3 Å². The van der Waals surface area contributed by atoms with Crippen LogP contribution in [0.15, 0.2) is 58.8 Å². The van der Waals surface area contributed by atoms with Crippen LogP contribution >= 0.6 is 0 Å². The van der Waals surface area contributed by atoms with Crippen molar-refractivity contribution in [3.05, 3.63) is 59.7 Å². The lowest BCUT2D eigenvalue weighted by Gasteiger charge is -2.50. The number of hydrogen-bond donors (Lipinski definition) is 21. The van der Waals surface area contributed by atoms with Gasteiger partial charge in [0, 0.05) is 50.4 Å². The number of amides is 3. The van der Waals surface area contributed by atoms with E-state index in [1.54, 1.807) is 24.3 Å². The van der Waals surface area contributed by atoms with Gasteiger partial charge in [0.15, 0.2) is 37.7 Å². The van der Waals surface area contributed by atoms with E-state index in [0.717, 1.165) is 32.1 Å². The molecule has 22 aliphatic rings. The van der Waals surface area contributed by atoms with E-state index >= 15 is 0 Å².